The molecule has 0 aromatic heterocycles. The second kappa shape index (κ2) is 7.65. The Bertz CT molecular complexity index is 750. The highest BCUT2D eigenvalue weighted by Gasteiger charge is 2.12. The summed E-state index contributed by atoms with van der Waals surface area (Å²) in [4.78, 5) is 12.0. The van der Waals surface area contributed by atoms with Crippen LogP contribution in [-0.2, 0) is 11.3 Å². The summed E-state index contributed by atoms with van der Waals surface area (Å²) < 4.78 is 16.5. The number of carbonyl (C=O) groups excluding carboxylic acids is 1. The van der Waals surface area contributed by atoms with Crippen molar-refractivity contribution >= 4 is 21.9 Å². The second-order valence-electron chi connectivity index (χ2n) is 4.56. The van der Waals surface area contributed by atoms with Gasteiger partial charge in [-0.25, -0.2) is 4.79 Å². The van der Waals surface area contributed by atoms with Gasteiger partial charge in [-0.15, -0.1) is 0 Å². The van der Waals surface area contributed by atoms with Crippen molar-refractivity contribution in [1.82, 2.24) is 0 Å². The SMILES string of the molecule is COc1cc(Br)c(COC(=O)c2ccc(C#N)cc2)cc1OC. The summed E-state index contributed by atoms with van der Waals surface area (Å²) in [6.07, 6.45) is 0. The maximum Gasteiger partial charge on any atom is 0.338 e. The Kier molecular flexibility index (Phi) is 5.61. The lowest BCUT2D eigenvalue weighted by atomic mass is 10.1. The van der Waals surface area contributed by atoms with E-state index in [1.54, 1.807) is 43.5 Å². The molecule has 0 saturated carbocycles. The average Bonchev–Trinajstić information content (AvgIpc) is 2.60. The van der Waals surface area contributed by atoms with Crippen molar-refractivity contribution < 1.29 is 19.0 Å². The summed E-state index contributed by atoms with van der Waals surface area (Å²) in [5.41, 5.74) is 1.63. The van der Waals surface area contributed by atoms with E-state index in [2.05, 4.69) is 15.9 Å². The highest BCUT2D eigenvalue weighted by Crippen LogP contribution is 2.33. The summed E-state index contributed by atoms with van der Waals surface area (Å²) in [6, 6.07) is 11.8. The number of halogens is 1. The molecule has 0 aliphatic heterocycles. The molecule has 0 amide bonds. The Balaban J connectivity index is 2.10. The number of esters is 1. The van der Waals surface area contributed by atoms with Crippen molar-refractivity contribution in [3.8, 4) is 17.6 Å². The van der Waals surface area contributed by atoms with Crippen molar-refractivity contribution in [3.05, 3.63) is 57.6 Å². The van der Waals surface area contributed by atoms with Gasteiger partial charge in [0.25, 0.3) is 0 Å². The van der Waals surface area contributed by atoms with Crippen molar-refractivity contribution in [3.63, 3.8) is 0 Å². The quantitative estimate of drug-likeness (QED) is 0.745. The number of carbonyl (C=O) groups is 1. The van der Waals surface area contributed by atoms with E-state index in [0.29, 0.717) is 22.6 Å². The highest BCUT2D eigenvalue weighted by molar-refractivity contribution is 9.10. The number of nitrogens with zero attached hydrogens (tertiary/aromatic N) is 1. The number of rotatable bonds is 5. The number of benzene rings is 2. The van der Waals surface area contributed by atoms with E-state index < -0.39 is 5.97 Å². The molecule has 2 rings (SSSR count). The van der Waals surface area contributed by atoms with E-state index in [1.807, 2.05) is 6.07 Å². The predicted molar refractivity (Wildman–Crippen MR) is 87.5 cm³/mol. The van der Waals surface area contributed by atoms with E-state index in [4.69, 9.17) is 19.5 Å². The van der Waals surface area contributed by atoms with Crippen LogP contribution in [0, 0.1) is 11.3 Å². The molecule has 6 heteroatoms. The molecule has 0 N–H and O–H groups in total. The van der Waals surface area contributed by atoms with Gasteiger partial charge in [0.2, 0.25) is 0 Å². The Morgan fingerprint density at radius 2 is 1.74 bits per heavy atom. The van der Waals surface area contributed by atoms with Gasteiger partial charge in [0, 0.05) is 10.0 Å². The van der Waals surface area contributed by atoms with Gasteiger partial charge in [0.15, 0.2) is 11.5 Å². The number of hydrogen-bond acceptors (Lipinski definition) is 5. The van der Waals surface area contributed by atoms with Crippen molar-refractivity contribution in [1.29, 1.82) is 5.26 Å². The molecule has 0 saturated heterocycles. The zero-order chi connectivity index (χ0) is 16.8. The zero-order valence-corrected chi connectivity index (χ0v) is 14.2. The molecule has 5 nitrogen and oxygen atoms in total. The number of hydrogen-bond donors (Lipinski definition) is 0. The van der Waals surface area contributed by atoms with Crippen molar-refractivity contribution in [2.45, 2.75) is 6.61 Å². The first kappa shape index (κ1) is 16.8. The van der Waals surface area contributed by atoms with Crippen LogP contribution in [0.1, 0.15) is 21.5 Å². The monoisotopic (exact) mass is 375 g/mol. The van der Waals surface area contributed by atoms with E-state index in [9.17, 15) is 4.79 Å². The van der Waals surface area contributed by atoms with Crippen LogP contribution < -0.4 is 9.47 Å². The summed E-state index contributed by atoms with van der Waals surface area (Å²) in [7, 11) is 3.09. The molecule has 0 aliphatic carbocycles. The topological polar surface area (TPSA) is 68.5 Å². The van der Waals surface area contributed by atoms with Crippen LogP contribution in [0.15, 0.2) is 40.9 Å². The molecular weight excluding hydrogens is 362 g/mol. The van der Waals surface area contributed by atoms with E-state index >= 15 is 0 Å². The Hall–Kier alpha value is -2.52. The molecule has 0 spiro atoms. The molecule has 0 atom stereocenters. The van der Waals surface area contributed by atoms with Gasteiger partial charge in [-0.3, -0.25) is 0 Å². The molecule has 0 aliphatic rings. The minimum Gasteiger partial charge on any atom is -0.493 e. The number of methoxy groups -OCH3 is 2. The first-order valence-electron chi connectivity index (χ1n) is 6.66. The second-order valence-corrected chi connectivity index (χ2v) is 5.42. The maximum atomic E-state index is 12.0. The summed E-state index contributed by atoms with van der Waals surface area (Å²) >= 11 is 3.41. The van der Waals surface area contributed by atoms with E-state index in [1.165, 1.54) is 7.11 Å². The molecule has 0 unspecified atom stereocenters. The molecule has 0 fully saturated rings. The Labute approximate surface area is 142 Å². The molecule has 118 valence electrons. The Morgan fingerprint density at radius 3 is 2.30 bits per heavy atom. The summed E-state index contributed by atoms with van der Waals surface area (Å²) in [5.74, 6) is 0.679. The fourth-order valence-corrected chi connectivity index (χ4v) is 2.35. The first-order valence-corrected chi connectivity index (χ1v) is 7.46. The van der Waals surface area contributed by atoms with Crippen LogP contribution >= 0.6 is 15.9 Å². The van der Waals surface area contributed by atoms with E-state index in [0.717, 1.165) is 10.0 Å². The predicted octanol–water partition coefficient (Wildman–Crippen LogP) is 3.69. The van der Waals surface area contributed by atoms with E-state index in [-0.39, 0.29) is 6.61 Å². The molecule has 0 radical (unpaired) electrons. The number of ether oxygens (including phenoxy) is 3. The molecule has 2 aromatic carbocycles. The van der Waals surface area contributed by atoms with Crippen LogP contribution in [0.5, 0.6) is 11.5 Å². The van der Waals surface area contributed by atoms with Gasteiger partial charge >= 0.3 is 5.97 Å². The fraction of sp³-hybridized carbons (Fsp3) is 0.176. The minimum absolute atomic E-state index is 0.0831. The molecule has 2 aromatic rings. The first-order chi connectivity index (χ1) is 11.1. The molecule has 0 bridgehead atoms. The lowest BCUT2D eigenvalue weighted by Gasteiger charge is -2.12. The van der Waals surface area contributed by atoms with Crippen LogP contribution in [-0.4, -0.2) is 20.2 Å². The lowest BCUT2D eigenvalue weighted by molar-refractivity contribution is 0.0471. The van der Waals surface area contributed by atoms with Crippen LogP contribution in [0.2, 0.25) is 0 Å². The molecule has 23 heavy (non-hydrogen) atoms. The van der Waals surface area contributed by atoms with Crippen molar-refractivity contribution in [2.24, 2.45) is 0 Å². The van der Waals surface area contributed by atoms with Gasteiger partial charge in [-0.05, 0) is 36.4 Å². The highest BCUT2D eigenvalue weighted by atomic mass is 79.9. The Morgan fingerprint density at radius 1 is 1.13 bits per heavy atom. The van der Waals surface area contributed by atoms with Crippen LogP contribution in [0.25, 0.3) is 0 Å². The third-order valence-electron chi connectivity index (χ3n) is 3.16. The van der Waals surface area contributed by atoms with Gasteiger partial charge in [0.05, 0.1) is 31.4 Å². The maximum absolute atomic E-state index is 12.0. The zero-order valence-electron chi connectivity index (χ0n) is 12.6. The third-order valence-corrected chi connectivity index (χ3v) is 3.90. The minimum atomic E-state index is -0.462. The summed E-state index contributed by atoms with van der Waals surface area (Å²) in [5, 5.41) is 8.75. The summed E-state index contributed by atoms with van der Waals surface area (Å²) in [6.45, 7) is 0.0831. The third kappa shape index (κ3) is 4.02. The van der Waals surface area contributed by atoms with Crippen LogP contribution in [0.3, 0.4) is 0 Å². The average molecular weight is 376 g/mol. The normalized spacial score (nSPS) is 9.83. The van der Waals surface area contributed by atoms with Crippen LogP contribution in [0.4, 0.5) is 0 Å². The number of nitriles is 1. The van der Waals surface area contributed by atoms with Crippen molar-refractivity contribution in [2.75, 3.05) is 14.2 Å². The molecule has 0 heterocycles. The van der Waals surface area contributed by atoms with Gasteiger partial charge < -0.3 is 14.2 Å². The standard InChI is InChI=1S/C17H14BrNO4/c1-21-15-7-13(14(18)8-16(15)22-2)10-23-17(20)12-5-3-11(9-19)4-6-12/h3-8H,10H2,1-2H3. The van der Waals surface area contributed by atoms with Gasteiger partial charge in [-0.1, -0.05) is 15.9 Å². The van der Waals surface area contributed by atoms with Gasteiger partial charge in [-0.2, -0.15) is 5.26 Å². The largest absolute Gasteiger partial charge is 0.493 e. The molecular formula is C17H14BrNO4. The fourth-order valence-electron chi connectivity index (χ4n) is 1.91. The lowest BCUT2D eigenvalue weighted by Crippen LogP contribution is -2.06. The smallest absolute Gasteiger partial charge is 0.338 e. The van der Waals surface area contributed by atoms with Gasteiger partial charge in [0.1, 0.15) is 6.61 Å².